The molecule has 1 aromatic carbocycles. The second-order valence-corrected chi connectivity index (χ2v) is 6.11. The Balaban J connectivity index is 2.05. The highest BCUT2D eigenvalue weighted by molar-refractivity contribution is 7.92. The molecule has 2 N–H and O–H groups in total. The van der Waals surface area contributed by atoms with Crippen molar-refractivity contribution in [1.29, 1.82) is 0 Å². The quantitative estimate of drug-likeness (QED) is 0.811. The Kier molecular flexibility index (Phi) is 4.58. The zero-order valence-electron chi connectivity index (χ0n) is 10.6. The number of carboxylic acid groups (broad SMARTS) is 1. The molecular weight excluding hydrogens is 286 g/mol. The zero-order chi connectivity index (χ0) is 14.6. The fourth-order valence-electron chi connectivity index (χ4n) is 1.75. The van der Waals surface area contributed by atoms with Crippen molar-refractivity contribution in [3.8, 4) is 0 Å². The second-order valence-electron chi connectivity index (χ2n) is 4.26. The summed E-state index contributed by atoms with van der Waals surface area (Å²) in [6.07, 6.45) is -0.928. The van der Waals surface area contributed by atoms with Gasteiger partial charge >= 0.3 is 5.97 Å². The van der Waals surface area contributed by atoms with Crippen LogP contribution in [-0.2, 0) is 24.3 Å². The number of carbonyl (C=O) groups is 1. The second kappa shape index (κ2) is 6.21. The highest BCUT2D eigenvalue weighted by Crippen LogP contribution is 2.25. The van der Waals surface area contributed by atoms with Crippen molar-refractivity contribution in [1.82, 2.24) is 0 Å². The summed E-state index contributed by atoms with van der Waals surface area (Å²) in [6.45, 7) is 0.998. The first-order valence-electron chi connectivity index (χ1n) is 6.02. The van der Waals surface area contributed by atoms with E-state index in [1.807, 2.05) is 0 Å². The molecular formula is C12H15NO6S. The molecule has 0 radical (unpaired) electrons. The van der Waals surface area contributed by atoms with Gasteiger partial charge in [-0.25, -0.2) is 8.42 Å². The average molecular weight is 301 g/mol. The smallest absolute Gasteiger partial charge is 0.304 e. The molecule has 0 unspecified atom stereocenters. The summed E-state index contributed by atoms with van der Waals surface area (Å²) >= 11 is 0. The van der Waals surface area contributed by atoms with Gasteiger partial charge in [0.1, 0.15) is 0 Å². The third kappa shape index (κ3) is 4.19. The van der Waals surface area contributed by atoms with Gasteiger partial charge in [0, 0.05) is 11.3 Å². The third-order valence-electron chi connectivity index (χ3n) is 2.64. The molecule has 0 saturated carbocycles. The lowest BCUT2D eigenvalue weighted by atomic mass is 10.2. The Labute approximate surface area is 116 Å². The van der Waals surface area contributed by atoms with E-state index in [9.17, 15) is 13.2 Å². The van der Waals surface area contributed by atoms with Crippen LogP contribution in [0.5, 0.6) is 0 Å². The van der Waals surface area contributed by atoms with E-state index in [1.54, 1.807) is 24.3 Å². The lowest BCUT2D eigenvalue weighted by molar-refractivity contribution is -0.136. The zero-order valence-corrected chi connectivity index (χ0v) is 11.4. The summed E-state index contributed by atoms with van der Waals surface area (Å²) in [6, 6.07) is 6.63. The number of hydrogen-bond donors (Lipinski definition) is 2. The van der Waals surface area contributed by atoms with Crippen LogP contribution in [0.25, 0.3) is 0 Å². The van der Waals surface area contributed by atoms with E-state index in [1.165, 1.54) is 0 Å². The first-order valence-corrected chi connectivity index (χ1v) is 7.67. The number of nitrogens with one attached hydrogen (secondary N) is 1. The van der Waals surface area contributed by atoms with Crippen molar-refractivity contribution >= 4 is 21.7 Å². The molecule has 1 aliphatic heterocycles. The molecule has 110 valence electrons. The Bertz CT molecular complexity index is 579. The van der Waals surface area contributed by atoms with E-state index in [0.717, 1.165) is 0 Å². The SMILES string of the molecule is O=C(O)CCS(=O)(=O)Nc1cccc(C2OCCO2)c1. The topological polar surface area (TPSA) is 102 Å². The van der Waals surface area contributed by atoms with Gasteiger partial charge in [-0.1, -0.05) is 12.1 Å². The Hall–Kier alpha value is -1.64. The summed E-state index contributed by atoms with van der Waals surface area (Å²) in [4.78, 5) is 10.4. The highest BCUT2D eigenvalue weighted by Gasteiger charge is 2.19. The average Bonchev–Trinajstić information content (AvgIpc) is 2.90. The maximum absolute atomic E-state index is 11.7. The number of carboxylic acids is 1. The number of sulfonamides is 1. The highest BCUT2D eigenvalue weighted by atomic mass is 32.2. The number of anilines is 1. The van der Waals surface area contributed by atoms with Crippen LogP contribution in [0.4, 0.5) is 5.69 Å². The molecule has 0 atom stereocenters. The van der Waals surface area contributed by atoms with Gasteiger partial charge < -0.3 is 14.6 Å². The van der Waals surface area contributed by atoms with E-state index in [4.69, 9.17) is 14.6 Å². The van der Waals surface area contributed by atoms with Crippen molar-refractivity contribution in [3.63, 3.8) is 0 Å². The van der Waals surface area contributed by atoms with E-state index in [-0.39, 0.29) is 0 Å². The van der Waals surface area contributed by atoms with Crippen molar-refractivity contribution in [2.45, 2.75) is 12.7 Å². The molecule has 7 nitrogen and oxygen atoms in total. The van der Waals surface area contributed by atoms with E-state index >= 15 is 0 Å². The molecule has 0 aliphatic carbocycles. The third-order valence-corrected chi connectivity index (χ3v) is 3.93. The van der Waals surface area contributed by atoms with Gasteiger partial charge in [0.2, 0.25) is 10.0 Å². The van der Waals surface area contributed by atoms with Gasteiger partial charge in [-0.3, -0.25) is 9.52 Å². The molecule has 20 heavy (non-hydrogen) atoms. The fourth-order valence-corrected chi connectivity index (χ4v) is 2.78. The normalized spacial score (nSPS) is 16.2. The van der Waals surface area contributed by atoms with Gasteiger partial charge in [0.25, 0.3) is 0 Å². The van der Waals surface area contributed by atoms with Gasteiger partial charge in [-0.05, 0) is 12.1 Å². The Morgan fingerprint density at radius 2 is 2.05 bits per heavy atom. The van der Waals surface area contributed by atoms with Crippen LogP contribution in [0.1, 0.15) is 18.3 Å². The van der Waals surface area contributed by atoms with Crippen molar-refractivity contribution in [2.24, 2.45) is 0 Å². The van der Waals surface area contributed by atoms with E-state index in [2.05, 4.69) is 4.72 Å². The molecule has 1 aliphatic rings. The molecule has 0 amide bonds. The largest absolute Gasteiger partial charge is 0.481 e. The Morgan fingerprint density at radius 3 is 2.70 bits per heavy atom. The van der Waals surface area contributed by atoms with Crippen molar-refractivity contribution < 1.29 is 27.8 Å². The van der Waals surface area contributed by atoms with Gasteiger partial charge in [0.15, 0.2) is 6.29 Å². The monoisotopic (exact) mass is 301 g/mol. The summed E-state index contributed by atoms with van der Waals surface area (Å²) in [5.41, 5.74) is 1.06. The molecule has 1 aromatic rings. The molecule has 1 heterocycles. The van der Waals surface area contributed by atoms with Crippen LogP contribution in [0.3, 0.4) is 0 Å². The standard InChI is InChI=1S/C12H15NO6S/c14-11(15)4-7-20(16,17)13-10-3-1-2-9(8-10)12-18-5-6-19-12/h1-3,8,12-13H,4-7H2,(H,14,15). The summed E-state index contributed by atoms with van der Waals surface area (Å²) in [5, 5.41) is 8.51. The summed E-state index contributed by atoms with van der Waals surface area (Å²) < 4.78 is 36.4. The van der Waals surface area contributed by atoms with Crippen LogP contribution in [0, 0.1) is 0 Å². The molecule has 1 fully saturated rings. The number of benzene rings is 1. The van der Waals surface area contributed by atoms with Crippen LogP contribution in [-0.4, -0.2) is 38.5 Å². The molecule has 0 bridgehead atoms. The minimum atomic E-state index is -3.68. The maximum atomic E-state index is 11.7. The number of aliphatic carboxylic acids is 1. The lowest BCUT2D eigenvalue weighted by Crippen LogP contribution is -2.19. The van der Waals surface area contributed by atoms with E-state index < -0.39 is 34.5 Å². The maximum Gasteiger partial charge on any atom is 0.304 e. The van der Waals surface area contributed by atoms with Crippen molar-refractivity contribution in [3.05, 3.63) is 29.8 Å². The number of rotatable bonds is 6. The number of hydrogen-bond acceptors (Lipinski definition) is 5. The Morgan fingerprint density at radius 1 is 1.35 bits per heavy atom. The van der Waals surface area contributed by atoms with Gasteiger partial charge in [0.05, 0.1) is 25.4 Å². The summed E-state index contributed by atoms with van der Waals surface area (Å²) in [5.74, 6) is -1.62. The minimum Gasteiger partial charge on any atom is -0.481 e. The van der Waals surface area contributed by atoms with Crippen LogP contribution in [0.15, 0.2) is 24.3 Å². The van der Waals surface area contributed by atoms with Crippen molar-refractivity contribution in [2.75, 3.05) is 23.7 Å². The van der Waals surface area contributed by atoms with E-state index in [0.29, 0.717) is 24.5 Å². The predicted octanol–water partition coefficient (Wildman–Crippen LogP) is 0.948. The molecule has 8 heteroatoms. The molecule has 2 rings (SSSR count). The fraction of sp³-hybridized carbons (Fsp3) is 0.417. The minimum absolute atomic E-state index is 0.354. The lowest BCUT2D eigenvalue weighted by Gasteiger charge is -2.12. The number of ether oxygens (including phenoxy) is 2. The summed E-state index contributed by atoms with van der Waals surface area (Å²) in [7, 11) is -3.68. The first-order chi connectivity index (χ1) is 9.46. The first kappa shape index (κ1) is 14.8. The molecule has 1 saturated heterocycles. The van der Waals surface area contributed by atoms with Gasteiger partial charge in [-0.15, -0.1) is 0 Å². The predicted molar refractivity (Wildman–Crippen MR) is 70.7 cm³/mol. The van der Waals surface area contributed by atoms with Gasteiger partial charge in [-0.2, -0.15) is 0 Å². The van der Waals surface area contributed by atoms with Crippen LogP contribution < -0.4 is 4.72 Å². The molecule has 0 aromatic heterocycles. The van der Waals surface area contributed by atoms with Crippen LogP contribution >= 0.6 is 0 Å². The molecule has 0 spiro atoms. The van der Waals surface area contributed by atoms with Crippen LogP contribution in [0.2, 0.25) is 0 Å².